The average Bonchev–Trinajstić information content (AvgIpc) is 2.03. The van der Waals surface area contributed by atoms with Crippen LogP contribution in [0.3, 0.4) is 0 Å². The van der Waals surface area contributed by atoms with Gasteiger partial charge >= 0.3 is 0 Å². The van der Waals surface area contributed by atoms with Gasteiger partial charge in [-0.05, 0) is 12.8 Å². The Hall–Kier alpha value is -0.0100. The largest absolute Gasteiger partial charge is 0.327 e. The molecule has 0 fully saturated rings. The molecule has 0 radical (unpaired) electrons. The van der Waals surface area contributed by atoms with Gasteiger partial charge in [-0.2, -0.15) is 0 Å². The van der Waals surface area contributed by atoms with Crippen LogP contribution in [0.15, 0.2) is 12.2 Å². The van der Waals surface area contributed by atoms with Gasteiger partial charge in [0.25, 0.3) is 0 Å². The van der Waals surface area contributed by atoms with Crippen LogP contribution < -0.4 is 5.73 Å². The predicted molar refractivity (Wildman–Crippen MR) is 58.8 cm³/mol. The number of hydrogen-bond donors (Lipinski definition) is 1. The molecule has 0 aliphatic carbocycles. The fourth-order valence-electron chi connectivity index (χ4n) is 1.08. The van der Waals surface area contributed by atoms with Gasteiger partial charge in [-0.15, -0.1) is 12.4 Å². The van der Waals surface area contributed by atoms with Crippen LogP contribution in [0.5, 0.6) is 0 Å². The standard InChI is InChI=1S/C10H21N.ClH/c1-2-3-4-5-6-7-8-9-10-11;/h8-9H,2-7,10-11H2,1H3;1H. The molecule has 0 aliphatic rings. The van der Waals surface area contributed by atoms with Gasteiger partial charge in [0.2, 0.25) is 0 Å². The summed E-state index contributed by atoms with van der Waals surface area (Å²) in [6.45, 7) is 2.93. The summed E-state index contributed by atoms with van der Waals surface area (Å²) in [6, 6.07) is 0. The Morgan fingerprint density at radius 3 is 2.25 bits per heavy atom. The normalized spacial score (nSPS) is 10.2. The molecule has 0 saturated carbocycles. The van der Waals surface area contributed by atoms with Crippen molar-refractivity contribution in [2.75, 3.05) is 6.54 Å². The monoisotopic (exact) mass is 191 g/mol. The van der Waals surface area contributed by atoms with Crippen molar-refractivity contribution in [1.29, 1.82) is 0 Å². The second kappa shape index (κ2) is 13.6. The third-order valence-electron chi connectivity index (χ3n) is 1.78. The van der Waals surface area contributed by atoms with Crippen molar-refractivity contribution in [1.82, 2.24) is 0 Å². The Morgan fingerprint density at radius 1 is 1.00 bits per heavy atom. The highest BCUT2D eigenvalue weighted by atomic mass is 35.5. The molecule has 0 aliphatic heterocycles. The third kappa shape index (κ3) is 12.6. The van der Waals surface area contributed by atoms with Crippen LogP contribution in [0.1, 0.15) is 45.4 Å². The zero-order valence-corrected chi connectivity index (χ0v) is 8.91. The molecule has 0 heterocycles. The van der Waals surface area contributed by atoms with Gasteiger partial charge in [0.05, 0.1) is 0 Å². The van der Waals surface area contributed by atoms with Crippen LogP contribution in [0.4, 0.5) is 0 Å². The highest BCUT2D eigenvalue weighted by Crippen LogP contribution is 2.04. The summed E-state index contributed by atoms with van der Waals surface area (Å²) in [5, 5.41) is 0. The van der Waals surface area contributed by atoms with Crippen LogP contribution >= 0.6 is 12.4 Å². The van der Waals surface area contributed by atoms with Crippen molar-refractivity contribution in [2.24, 2.45) is 5.73 Å². The summed E-state index contributed by atoms with van der Waals surface area (Å²) in [5.74, 6) is 0. The van der Waals surface area contributed by atoms with Gasteiger partial charge in [0, 0.05) is 6.54 Å². The number of allylic oxidation sites excluding steroid dienone is 1. The van der Waals surface area contributed by atoms with Gasteiger partial charge in [0.1, 0.15) is 0 Å². The third-order valence-corrected chi connectivity index (χ3v) is 1.78. The minimum absolute atomic E-state index is 0. The van der Waals surface area contributed by atoms with Crippen molar-refractivity contribution < 1.29 is 0 Å². The minimum Gasteiger partial charge on any atom is -0.327 e. The van der Waals surface area contributed by atoms with Crippen LogP contribution in [-0.2, 0) is 0 Å². The molecule has 0 unspecified atom stereocenters. The first-order valence-electron chi connectivity index (χ1n) is 4.77. The first-order chi connectivity index (χ1) is 5.41. The van der Waals surface area contributed by atoms with Crippen molar-refractivity contribution in [3.63, 3.8) is 0 Å². The fraction of sp³-hybridized carbons (Fsp3) is 0.800. The molecule has 2 N–H and O–H groups in total. The smallest absolute Gasteiger partial charge is 0.0106 e. The first-order valence-corrected chi connectivity index (χ1v) is 4.77. The summed E-state index contributed by atoms with van der Waals surface area (Å²) in [7, 11) is 0. The molecule has 0 spiro atoms. The number of unbranched alkanes of at least 4 members (excludes halogenated alkanes) is 5. The van der Waals surface area contributed by atoms with E-state index in [1.165, 1.54) is 38.5 Å². The zero-order chi connectivity index (χ0) is 8.36. The number of nitrogens with two attached hydrogens (primary N) is 1. The molecule has 0 bridgehead atoms. The Balaban J connectivity index is 0. The van der Waals surface area contributed by atoms with Gasteiger partial charge in [-0.3, -0.25) is 0 Å². The van der Waals surface area contributed by atoms with E-state index >= 15 is 0 Å². The maximum absolute atomic E-state index is 5.30. The summed E-state index contributed by atoms with van der Waals surface area (Å²) in [4.78, 5) is 0. The molecule has 0 aromatic heterocycles. The highest BCUT2D eigenvalue weighted by molar-refractivity contribution is 5.85. The summed E-state index contributed by atoms with van der Waals surface area (Å²) in [6.07, 6.45) is 12.3. The minimum atomic E-state index is 0. The number of rotatable bonds is 7. The Bertz CT molecular complexity index is 91.8. The van der Waals surface area contributed by atoms with E-state index in [1.54, 1.807) is 0 Å². The van der Waals surface area contributed by atoms with E-state index in [0.717, 1.165) is 0 Å². The number of halogens is 1. The molecule has 1 nitrogen and oxygen atoms in total. The molecule has 0 atom stereocenters. The summed E-state index contributed by atoms with van der Waals surface area (Å²) >= 11 is 0. The zero-order valence-electron chi connectivity index (χ0n) is 8.09. The molecule has 12 heavy (non-hydrogen) atoms. The van der Waals surface area contributed by atoms with Crippen LogP contribution in [0.25, 0.3) is 0 Å². The van der Waals surface area contributed by atoms with E-state index in [2.05, 4.69) is 13.0 Å². The molecular weight excluding hydrogens is 170 g/mol. The molecule has 0 amide bonds. The van der Waals surface area contributed by atoms with Gasteiger partial charge in [0.15, 0.2) is 0 Å². The molecule has 0 rings (SSSR count). The van der Waals surface area contributed by atoms with Gasteiger partial charge < -0.3 is 5.73 Å². The van der Waals surface area contributed by atoms with Crippen molar-refractivity contribution in [3.8, 4) is 0 Å². The maximum Gasteiger partial charge on any atom is 0.0106 e. The Kier molecular flexibility index (Phi) is 16.4. The Morgan fingerprint density at radius 2 is 1.67 bits per heavy atom. The average molecular weight is 192 g/mol. The van der Waals surface area contributed by atoms with E-state index in [0.29, 0.717) is 6.54 Å². The lowest BCUT2D eigenvalue weighted by atomic mass is 10.1. The lowest BCUT2D eigenvalue weighted by Crippen LogP contribution is -1.91. The van der Waals surface area contributed by atoms with E-state index in [9.17, 15) is 0 Å². The predicted octanol–water partition coefficient (Wildman–Crippen LogP) is 3.28. The second-order valence-electron chi connectivity index (χ2n) is 2.91. The second-order valence-corrected chi connectivity index (χ2v) is 2.91. The first kappa shape index (κ1) is 14.5. The van der Waals surface area contributed by atoms with Crippen LogP contribution in [-0.4, -0.2) is 6.54 Å². The molecule has 0 aromatic carbocycles. The summed E-state index contributed by atoms with van der Waals surface area (Å²) < 4.78 is 0. The fourth-order valence-corrected chi connectivity index (χ4v) is 1.08. The topological polar surface area (TPSA) is 26.0 Å². The molecule has 0 aromatic rings. The quantitative estimate of drug-likeness (QED) is 0.485. The maximum atomic E-state index is 5.30. The van der Waals surface area contributed by atoms with E-state index in [1.807, 2.05) is 6.08 Å². The van der Waals surface area contributed by atoms with Crippen molar-refractivity contribution in [2.45, 2.75) is 45.4 Å². The lowest BCUT2D eigenvalue weighted by molar-refractivity contribution is 0.637. The summed E-state index contributed by atoms with van der Waals surface area (Å²) in [5.41, 5.74) is 5.30. The number of hydrogen-bond acceptors (Lipinski definition) is 1. The van der Waals surface area contributed by atoms with E-state index in [-0.39, 0.29) is 12.4 Å². The van der Waals surface area contributed by atoms with Gasteiger partial charge in [-0.25, -0.2) is 0 Å². The Labute approximate surface area is 82.8 Å². The molecule has 0 saturated heterocycles. The molecule has 74 valence electrons. The van der Waals surface area contributed by atoms with Gasteiger partial charge in [-0.1, -0.05) is 44.8 Å². The van der Waals surface area contributed by atoms with Crippen molar-refractivity contribution >= 4 is 12.4 Å². The van der Waals surface area contributed by atoms with E-state index < -0.39 is 0 Å². The lowest BCUT2D eigenvalue weighted by Gasteiger charge is -1.95. The molecular formula is C10H22ClN. The highest BCUT2D eigenvalue weighted by Gasteiger charge is 1.85. The van der Waals surface area contributed by atoms with E-state index in [4.69, 9.17) is 5.73 Å². The van der Waals surface area contributed by atoms with Crippen LogP contribution in [0.2, 0.25) is 0 Å². The molecule has 2 heteroatoms. The van der Waals surface area contributed by atoms with Crippen molar-refractivity contribution in [3.05, 3.63) is 12.2 Å². The SMILES string of the molecule is CCCCCCCC=CCN.Cl. The van der Waals surface area contributed by atoms with Crippen LogP contribution in [0, 0.1) is 0 Å².